The van der Waals surface area contributed by atoms with Gasteiger partial charge >= 0.3 is 0 Å². The smallest absolute Gasteiger partial charge is 0.0192 e. The molecule has 0 aliphatic heterocycles. The molecule has 0 atom stereocenters. The molecular weight excluding hydrogens is 146 g/mol. The topological polar surface area (TPSA) is 3.24 Å². The first-order valence-electron chi connectivity index (χ1n) is 4.76. The van der Waals surface area contributed by atoms with E-state index in [0.29, 0.717) is 0 Å². The van der Waals surface area contributed by atoms with Crippen molar-refractivity contribution in [2.75, 3.05) is 20.1 Å². The molecule has 0 amide bonds. The van der Waals surface area contributed by atoms with Crippen LogP contribution < -0.4 is 0 Å². The van der Waals surface area contributed by atoms with Crippen molar-refractivity contribution in [2.24, 2.45) is 0 Å². The van der Waals surface area contributed by atoms with Crippen LogP contribution >= 0.6 is 0 Å². The zero-order valence-electron chi connectivity index (χ0n) is 8.43. The molecule has 0 aromatic rings. The zero-order chi connectivity index (χ0) is 8.97. The van der Waals surface area contributed by atoms with E-state index in [0.717, 1.165) is 13.1 Å². The molecule has 12 heavy (non-hydrogen) atoms. The van der Waals surface area contributed by atoms with Gasteiger partial charge in [0.05, 0.1) is 0 Å². The number of rotatable bonds is 3. The van der Waals surface area contributed by atoms with E-state index in [1.54, 1.807) is 5.57 Å². The van der Waals surface area contributed by atoms with Crippen LogP contribution in [0.1, 0.15) is 26.7 Å². The third kappa shape index (κ3) is 2.82. The maximum Gasteiger partial charge on any atom is 0.0192 e. The summed E-state index contributed by atoms with van der Waals surface area (Å²) >= 11 is 0. The molecule has 0 saturated carbocycles. The number of allylic oxidation sites excluding steroid dienone is 3. The highest BCUT2D eigenvalue weighted by atomic mass is 15.1. The van der Waals surface area contributed by atoms with Gasteiger partial charge in [0.25, 0.3) is 0 Å². The molecule has 68 valence electrons. The monoisotopic (exact) mass is 165 g/mol. The third-order valence-corrected chi connectivity index (χ3v) is 2.46. The summed E-state index contributed by atoms with van der Waals surface area (Å²) in [6, 6.07) is 0. The summed E-state index contributed by atoms with van der Waals surface area (Å²) in [5.41, 5.74) is 3.09. The van der Waals surface area contributed by atoms with Crippen LogP contribution in [0, 0.1) is 0 Å². The van der Waals surface area contributed by atoms with Gasteiger partial charge in [0.1, 0.15) is 0 Å². The minimum Gasteiger partial charge on any atom is -0.303 e. The molecule has 0 unspecified atom stereocenters. The first-order valence-corrected chi connectivity index (χ1v) is 4.76. The van der Waals surface area contributed by atoms with Crippen molar-refractivity contribution < 1.29 is 0 Å². The molecule has 0 saturated heterocycles. The number of likely N-dealkylation sites (N-methyl/N-ethyl adjacent to an activating group) is 1. The van der Waals surface area contributed by atoms with Crippen LogP contribution in [0.15, 0.2) is 23.3 Å². The Labute approximate surface area is 75.8 Å². The fourth-order valence-electron chi connectivity index (χ4n) is 1.37. The Balaban J connectivity index is 2.43. The van der Waals surface area contributed by atoms with Crippen LogP contribution in [0.4, 0.5) is 0 Å². The number of nitrogens with zero attached hydrogens (tertiary/aromatic N) is 1. The van der Waals surface area contributed by atoms with E-state index in [4.69, 9.17) is 0 Å². The Morgan fingerprint density at radius 3 is 2.58 bits per heavy atom. The molecule has 1 heteroatoms. The van der Waals surface area contributed by atoms with E-state index in [1.807, 2.05) is 0 Å². The van der Waals surface area contributed by atoms with Crippen molar-refractivity contribution in [2.45, 2.75) is 26.7 Å². The predicted molar refractivity (Wildman–Crippen MR) is 54.2 cm³/mol. The minimum absolute atomic E-state index is 1.14. The molecule has 0 N–H and O–H groups in total. The molecule has 0 heterocycles. The Morgan fingerprint density at radius 1 is 1.33 bits per heavy atom. The van der Waals surface area contributed by atoms with E-state index in [1.165, 1.54) is 18.4 Å². The highest BCUT2D eigenvalue weighted by Crippen LogP contribution is 2.17. The van der Waals surface area contributed by atoms with Crippen molar-refractivity contribution in [1.29, 1.82) is 0 Å². The average molecular weight is 165 g/mol. The standard InChI is InChI=1S/C11H19N/c1-4-12(3)9-11-7-5-10(2)6-8-11/h5,7H,4,6,8-9H2,1-3H3. The van der Waals surface area contributed by atoms with Gasteiger partial charge in [0.15, 0.2) is 0 Å². The first-order chi connectivity index (χ1) is 5.72. The minimum atomic E-state index is 1.14. The summed E-state index contributed by atoms with van der Waals surface area (Å²) in [6.07, 6.45) is 7.05. The summed E-state index contributed by atoms with van der Waals surface area (Å²) in [6.45, 7) is 6.68. The van der Waals surface area contributed by atoms with Crippen molar-refractivity contribution in [3.8, 4) is 0 Å². The van der Waals surface area contributed by atoms with Gasteiger partial charge in [0.2, 0.25) is 0 Å². The lowest BCUT2D eigenvalue weighted by Gasteiger charge is -2.18. The van der Waals surface area contributed by atoms with Crippen LogP contribution in [-0.2, 0) is 0 Å². The molecule has 1 aliphatic rings. The largest absolute Gasteiger partial charge is 0.303 e. The van der Waals surface area contributed by atoms with Crippen LogP contribution in [0.25, 0.3) is 0 Å². The van der Waals surface area contributed by atoms with Crippen molar-refractivity contribution in [3.05, 3.63) is 23.3 Å². The van der Waals surface area contributed by atoms with E-state index in [2.05, 4.69) is 37.9 Å². The van der Waals surface area contributed by atoms with Crippen LogP contribution in [-0.4, -0.2) is 25.0 Å². The Bertz CT molecular complexity index is 201. The molecule has 0 radical (unpaired) electrons. The van der Waals surface area contributed by atoms with Crippen LogP contribution in [0.2, 0.25) is 0 Å². The van der Waals surface area contributed by atoms with Crippen LogP contribution in [0.3, 0.4) is 0 Å². The molecule has 0 fully saturated rings. The average Bonchev–Trinajstić information content (AvgIpc) is 2.09. The molecular formula is C11H19N. The van der Waals surface area contributed by atoms with Crippen molar-refractivity contribution in [3.63, 3.8) is 0 Å². The van der Waals surface area contributed by atoms with Gasteiger partial charge < -0.3 is 4.90 Å². The second kappa shape index (κ2) is 4.46. The van der Waals surface area contributed by atoms with Gasteiger partial charge in [-0.2, -0.15) is 0 Å². The van der Waals surface area contributed by atoms with E-state index >= 15 is 0 Å². The fourth-order valence-corrected chi connectivity index (χ4v) is 1.37. The molecule has 1 rings (SSSR count). The molecule has 0 spiro atoms. The Hall–Kier alpha value is -0.560. The van der Waals surface area contributed by atoms with Crippen LogP contribution in [0.5, 0.6) is 0 Å². The fraction of sp³-hybridized carbons (Fsp3) is 0.636. The van der Waals surface area contributed by atoms with Gasteiger partial charge in [0, 0.05) is 6.54 Å². The molecule has 1 aliphatic carbocycles. The maximum atomic E-state index is 2.35. The Kier molecular flexibility index (Phi) is 3.54. The van der Waals surface area contributed by atoms with Gasteiger partial charge in [-0.05, 0) is 33.4 Å². The van der Waals surface area contributed by atoms with E-state index < -0.39 is 0 Å². The molecule has 1 nitrogen and oxygen atoms in total. The number of hydrogen-bond acceptors (Lipinski definition) is 1. The highest BCUT2D eigenvalue weighted by Gasteiger charge is 2.04. The zero-order valence-corrected chi connectivity index (χ0v) is 8.43. The summed E-state index contributed by atoms with van der Waals surface area (Å²) in [4.78, 5) is 2.35. The first kappa shape index (κ1) is 9.53. The molecule has 0 bridgehead atoms. The summed E-state index contributed by atoms with van der Waals surface area (Å²) in [5, 5.41) is 0. The van der Waals surface area contributed by atoms with Gasteiger partial charge in [-0.15, -0.1) is 0 Å². The van der Waals surface area contributed by atoms with Gasteiger partial charge in [-0.25, -0.2) is 0 Å². The van der Waals surface area contributed by atoms with Crippen molar-refractivity contribution >= 4 is 0 Å². The summed E-state index contributed by atoms with van der Waals surface area (Å²) in [5.74, 6) is 0. The normalized spacial score (nSPS) is 17.7. The second-order valence-electron chi connectivity index (χ2n) is 3.67. The lowest BCUT2D eigenvalue weighted by molar-refractivity contribution is 0.378. The van der Waals surface area contributed by atoms with E-state index in [9.17, 15) is 0 Å². The lowest BCUT2D eigenvalue weighted by Crippen LogP contribution is -2.20. The summed E-state index contributed by atoms with van der Waals surface area (Å²) < 4.78 is 0. The molecule has 0 aromatic heterocycles. The number of hydrogen-bond donors (Lipinski definition) is 0. The SMILES string of the molecule is CCN(C)CC1=CC=C(C)CC1. The molecule has 0 aromatic carbocycles. The second-order valence-corrected chi connectivity index (χ2v) is 3.67. The van der Waals surface area contributed by atoms with Gasteiger partial charge in [-0.1, -0.05) is 30.2 Å². The van der Waals surface area contributed by atoms with E-state index in [-0.39, 0.29) is 0 Å². The Morgan fingerprint density at radius 2 is 2.08 bits per heavy atom. The predicted octanol–water partition coefficient (Wildman–Crippen LogP) is 2.60. The highest BCUT2D eigenvalue weighted by molar-refractivity contribution is 5.23. The quantitative estimate of drug-likeness (QED) is 0.621. The maximum absolute atomic E-state index is 2.35. The summed E-state index contributed by atoms with van der Waals surface area (Å²) in [7, 11) is 2.17. The third-order valence-electron chi connectivity index (χ3n) is 2.46. The van der Waals surface area contributed by atoms with Crippen molar-refractivity contribution in [1.82, 2.24) is 4.90 Å². The van der Waals surface area contributed by atoms with Gasteiger partial charge in [-0.3, -0.25) is 0 Å². The lowest BCUT2D eigenvalue weighted by atomic mass is 9.99.